The molecule has 1 aromatic carbocycles. The minimum Gasteiger partial charge on any atom is -0.493 e. The summed E-state index contributed by atoms with van der Waals surface area (Å²) in [5.74, 6) is 2.01. The maximum Gasteiger partial charge on any atom is 0.146 e. The second-order valence-electron chi connectivity index (χ2n) is 11.7. The van der Waals surface area contributed by atoms with E-state index in [1.54, 1.807) is 12.3 Å². The number of benzene rings is 1. The van der Waals surface area contributed by atoms with Gasteiger partial charge in [-0.15, -0.1) is 0 Å². The standard InChI is InChI=1S/C33H39ClN6O/c1-3-24-19-40(32-23(17-35)16-25(34)18-37-32)15-13-33(24)22-39(20-26-8-7-14-36-26)21-30-28(33)11-12-29(38-30)27-9-5-6-10-31(27)41-4-2/h5-6,9-12,16,18,24,26,36H,3-4,7-8,13-15,19-22H2,1-2H3/t24-,26+,33-/m0/s1. The largest absolute Gasteiger partial charge is 0.493 e. The fourth-order valence-corrected chi connectivity index (χ4v) is 7.56. The normalized spacial score (nSPS) is 24.3. The van der Waals surface area contributed by atoms with Gasteiger partial charge in [-0.2, -0.15) is 5.26 Å². The van der Waals surface area contributed by atoms with Crippen molar-refractivity contribution in [1.82, 2.24) is 20.2 Å². The number of para-hydroxylation sites is 1. The van der Waals surface area contributed by atoms with Gasteiger partial charge in [-0.05, 0) is 68.5 Å². The molecule has 2 aromatic heterocycles. The van der Waals surface area contributed by atoms with Crippen molar-refractivity contribution in [2.45, 2.75) is 57.5 Å². The average molecular weight is 571 g/mol. The van der Waals surface area contributed by atoms with Gasteiger partial charge in [0.05, 0.1) is 28.6 Å². The number of nitrogens with zero attached hydrogens (tertiary/aromatic N) is 5. The van der Waals surface area contributed by atoms with Crippen molar-refractivity contribution < 1.29 is 4.74 Å². The van der Waals surface area contributed by atoms with E-state index in [0.29, 0.717) is 29.2 Å². The lowest BCUT2D eigenvalue weighted by molar-refractivity contribution is 0.0966. The molecule has 5 heterocycles. The van der Waals surface area contributed by atoms with Crippen molar-refractivity contribution in [3.63, 3.8) is 0 Å². The number of piperidine rings is 1. The SMILES string of the molecule is CCOc1ccccc1-c1ccc2c(n1)CN(C[C@H]1CCCN1)C[C@]21CCN(c2ncc(Cl)cc2C#N)C[C@@H]1CC. The zero-order valence-corrected chi connectivity index (χ0v) is 24.8. The van der Waals surface area contributed by atoms with Gasteiger partial charge in [-0.3, -0.25) is 9.88 Å². The van der Waals surface area contributed by atoms with Gasteiger partial charge in [0.1, 0.15) is 17.6 Å². The Morgan fingerprint density at radius 2 is 2.10 bits per heavy atom. The van der Waals surface area contributed by atoms with Crippen LogP contribution in [0.5, 0.6) is 5.75 Å². The minimum absolute atomic E-state index is 0.0123. The number of ether oxygens (including phenoxy) is 1. The van der Waals surface area contributed by atoms with Crippen molar-refractivity contribution in [3.8, 4) is 23.1 Å². The summed E-state index contributed by atoms with van der Waals surface area (Å²) < 4.78 is 5.97. The average Bonchev–Trinajstić information content (AvgIpc) is 3.50. The first-order chi connectivity index (χ1) is 20.0. The Hall–Kier alpha value is -3.18. The number of rotatable bonds is 7. The third-order valence-electron chi connectivity index (χ3n) is 9.29. The fourth-order valence-electron chi connectivity index (χ4n) is 7.40. The maximum absolute atomic E-state index is 9.81. The van der Waals surface area contributed by atoms with Gasteiger partial charge >= 0.3 is 0 Å². The van der Waals surface area contributed by atoms with E-state index in [2.05, 4.69) is 57.4 Å². The minimum atomic E-state index is -0.0123. The lowest BCUT2D eigenvalue weighted by Gasteiger charge is -2.53. The molecule has 2 saturated heterocycles. The maximum atomic E-state index is 9.81. The van der Waals surface area contributed by atoms with Gasteiger partial charge in [-0.25, -0.2) is 4.98 Å². The summed E-state index contributed by atoms with van der Waals surface area (Å²) in [6.45, 7) is 10.7. The predicted octanol–water partition coefficient (Wildman–Crippen LogP) is 5.81. The summed E-state index contributed by atoms with van der Waals surface area (Å²) in [6, 6.07) is 17.3. The monoisotopic (exact) mass is 570 g/mol. The Bertz CT molecular complexity index is 1430. The van der Waals surface area contributed by atoms with E-state index >= 15 is 0 Å². The van der Waals surface area contributed by atoms with Gasteiger partial charge < -0.3 is 15.0 Å². The number of hydrogen-bond donors (Lipinski definition) is 1. The van der Waals surface area contributed by atoms with Crippen molar-refractivity contribution in [3.05, 3.63) is 70.5 Å². The van der Waals surface area contributed by atoms with Gasteiger partial charge in [0.15, 0.2) is 0 Å². The topological polar surface area (TPSA) is 77.3 Å². The van der Waals surface area contributed by atoms with Crippen molar-refractivity contribution >= 4 is 17.4 Å². The van der Waals surface area contributed by atoms with E-state index in [0.717, 1.165) is 74.9 Å². The molecular weight excluding hydrogens is 532 g/mol. The van der Waals surface area contributed by atoms with Crippen LogP contribution in [-0.2, 0) is 12.0 Å². The van der Waals surface area contributed by atoms with Crippen LogP contribution in [-0.4, -0.2) is 60.2 Å². The number of nitrogens with one attached hydrogen (secondary N) is 1. The molecule has 0 bridgehead atoms. The molecule has 0 radical (unpaired) electrons. The van der Waals surface area contributed by atoms with Gasteiger partial charge in [0, 0.05) is 55.9 Å². The van der Waals surface area contributed by atoms with Crippen molar-refractivity contribution in [2.75, 3.05) is 44.2 Å². The second kappa shape index (κ2) is 12.0. The van der Waals surface area contributed by atoms with Crippen molar-refractivity contribution in [1.29, 1.82) is 5.26 Å². The van der Waals surface area contributed by atoms with Crippen LogP contribution in [0.3, 0.4) is 0 Å². The molecule has 3 aromatic rings. The summed E-state index contributed by atoms with van der Waals surface area (Å²) in [5.41, 5.74) is 5.12. The molecule has 214 valence electrons. The highest BCUT2D eigenvalue weighted by molar-refractivity contribution is 6.30. The quantitative estimate of drug-likeness (QED) is 0.384. The van der Waals surface area contributed by atoms with Crippen LogP contribution in [0.1, 0.15) is 56.4 Å². The molecular formula is C33H39ClN6O. The zero-order valence-electron chi connectivity index (χ0n) is 24.1. The summed E-state index contributed by atoms with van der Waals surface area (Å²) in [6.07, 6.45) is 6.16. The van der Waals surface area contributed by atoms with Gasteiger partial charge in [0.25, 0.3) is 0 Å². The Morgan fingerprint density at radius 3 is 2.88 bits per heavy atom. The molecule has 0 aliphatic carbocycles. The smallest absolute Gasteiger partial charge is 0.146 e. The molecule has 6 rings (SSSR count). The van der Waals surface area contributed by atoms with Crippen LogP contribution in [0, 0.1) is 17.2 Å². The van der Waals surface area contributed by atoms with E-state index in [1.807, 2.05) is 19.1 Å². The van der Waals surface area contributed by atoms with Crippen LogP contribution in [0.25, 0.3) is 11.3 Å². The summed E-state index contributed by atoms with van der Waals surface area (Å²) >= 11 is 6.18. The molecule has 1 spiro atoms. The first-order valence-electron chi connectivity index (χ1n) is 15.0. The summed E-state index contributed by atoms with van der Waals surface area (Å²) in [7, 11) is 0. The van der Waals surface area contributed by atoms with E-state index in [1.165, 1.54) is 24.1 Å². The molecule has 0 amide bonds. The molecule has 1 N–H and O–H groups in total. The molecule has 0 saturated carbocycles. The molecule has 3 aliphatic heterocycles. The molecule has 41 heavy (non-hydrogen) atoms. The second-order valence-corrected chi connectivity index (χ2v) is 12.1. The van der Waals surface area contributed by atoms with Crippen LogP contribution >= 0.6 is 11.6 Å². The Balaban J connectivity index is 1.38. The third-order valence-corrected chi connectivity index (χ3v) is 9.50. The highest BCUT2D eigenvalue weighted by Gasteiger charge is 2.49. The van der Waals surface area contributed by atoms with E-state index in [9.17, 15) is 5.26 Å². The van der Waals surface area contributed by atoms with E-state index in [-0.39, 0.29) is 5.41 Å². The Labute approximate surface area is 248 Å². The molecule has 2 fully saturated rings. The van der Waals surface area contributed by atoms with Gasteiger partial charge in [-0.1, -0.05) is 43.1 Å². The van der Waals surface area contributed by atoms with E-state index < -0.39 is 0 Å². The lowest BCUT2D eigenvalue weighted by atomic mass is 9.62. The summed E-state index contributed by atoms with van der Waals surface area (Å²) in [4.78, 5) is 14.9. The Morgan fingerprint density at radius 1 is 1.22 bits per heavy atom. The number of anilines is 1. The number of pyridine rings is 2. The van der Waals surface area contributed by atoms with E-state index in [4.69, 9.17) is 21.3 Å². The number of nitriles is 1. The molecule has 3 aliphatic rings. The van der Waals surface area contributed by atoms with Crippen molar-refractivity contribution in [2.24, 2.45) is 5.92 Å². The van der Waals surface area contributed by atoms with Crippen LogP contribution in [0.2, 0.25) is 5.02 Å². The number of halogens is 1. The number of hydrogen-bond acceptors (Lipinski definition) is 7. The molecule has 3 atom stereocenters. The Kier molecular flexibility index (Phi) is 8.16. The molecule has 7 nitrogen and oxygen atoms in total. The fraction of sp³-hybridized carbons (Fsp3) is 0.485. The third kappa shape index (κ3) is 5.41. The molecule has 8 heteroatoms. The van der Waals surface area contributed by atoms with Crippen LogP contribution < -0.4 is 15.0 Å². The predicted molar refractivity (Wildman–Crippen MR) is 163 cm³/mol. The number of fused-ring (bicyclic) bond motifs is 2. The van der Waals surface area contributed by atoms with Crippen LogP contribution in [0.4, 0.5) is 5.82 Å². The molecule has 0 unspecified atom stereocenters. The number of aromatic nitrogens is 2. The van der Waals surface area contributed by atoms with Crippen LogP contribution in [0.15, 0.2) is 48.7 Å². The first kappa shape index (κ1) is 28.0. The highest BCUT2D eigenvalue weighted by Crippen LogP contribution is 2.47. The lowest BCUT2D eigenvalue weighted by Crippen LogP contribution is -2.58. The first-order valence-corrected chi connectivity index (χ1v) is 15.4. The van der Waals surface area contributed by atoms with Gasteiger partial charge in [0.2, 0.25) is 0 Å². The zero-order chi connectivity index (χ0) is 28.4. The summed E-state index contributed by atoms with van der Waals surface area (Å²) in [5, 5.41) is 14.0. The highest BCUT2D eigenvalue weighted by atomic mass is 35.5.